The summed E-state index contributed by atoms with van der Waals surface area (Å²) in [6.45, 7) is 6.09. The molecule has 2 aromatic rings. The molecular weight excluding hydrogens is 280 g/mol. The van der Waals surface area contributed by atoms with Crippen molar-refractivity contribution in [2.75, 3.05) is 6.61 Å². The highest BCUT2D eigenvalue weighted by molar-refractivity contribution is 5.98. The summed E-state index contributed by atoms with van der Waals surface area (Å²) in [6, 6.07) is 7.35. The predicted molar refractivity (Wildman–Crippen MR) is 86.7 cm³/mol. The molecule has 0 aromatic heterocycles. The molecular formula is C18H22O4. The normalized spacial score (nSPS) is 10.7. The quantitative estimate of drug-likeness (QED) is 0.641. The van der Waals surface area contributed by atoms with Gasteiger partial charge in [0, 0.05) is 22.8 Å². The molecule has 0 aliphatic rings. The van der Waals surface area contributed by atoms with Crippen LogP contribution >= 0.6 is 0 Å². The number of esters is 1. The molecule has 0 saturated heterocycles. The van der Waals surface area contributed by atoms with E-state index in [2.05, 4.69) is 0 Å². The molecule has 0 unspecified atom stereocenters. The molecule has 0 aliphatic heterocycles. The van der Waals surface area contributed by atoms with Gasteiger partial charge in [0.1, 0.15) is 5.75 Å². The predicted octanol–water partition coefficient (Wildman–Crippen LogP) is 4.21. The minimum atomic E-state index is -0.296. The van der Waals surface area contributed by atoms with Gasteiger partial charge in [0.15, 0.2) is 11.5 Å². The minimum Gasteiger partial charge on any atom is -0.504 e. The molecule has 22 heavy (non-hydrogen) atoms. The first-order chi connectivity index (χ1) is 10.6. The van der Waals surface area contributed by atoms with Crippen LogP contribution in [0.4, 0.5) is 0 Å². The van der Waals surface area contributed by atoms with E-state index in [1.165, 1.54) is 0 Å². The molecule has 1 N–H and O–H groups in total. The number of rotatable bonds is 6. The van der Waals surface area contributed by atoms with Crippen LogP contribution < -0.4 is 9.47 Å². The van der Waals surface area contributed by atoms with Crippen LogP contribution in [0, 0.1) is 0 Å². The van der Waals surface area contributed by atoms with E-state index in [1.807, 2.05) is 32.0 Å². The van der Waals surface area contributed by atoms with Crippen molar-refractivity contribution in [1.82, 2.24) is 0 Å². The van der Waals surface area contributed by atoms with Gasteiger partial charge in [-0.15, -0.1) is 0 Å². The van der Waals surface area contributed by atoms with Crippen LogP contribution in [0.25, 0.3) is 10.8 Å². The van der Waals surface area contributed by atoms with Gasteiger partial charge in [0.2, 0.25) is 0 Å². The Morgan fingerprint density at radius 1 is 1.09 bits per heavy atom. The maximum atomic E-state index is 11.8. The van der Waals surface area contributed by atoms with E-state index in [0.717, 1.165) is 17.4 Å². The third kappa shape index (κ3) is 3.01. The van der Waals surface area contributed by atoms with Crippen LogP contribution in [-0.4, -0.2) is 17.7 Å². The highest BCUT2D eigenvalue weighted by Crippen LogP contribution is 2.45. The molecule has 0 aliphatic carbocycles. The first kappa shape index (κ1) is 16.1. The summed E-state index contributed by atoms with van der Waals surface area (Å²) >= 11 is 0. The Kier molecular flexibility index (Phi) is 5.26. The second kappa shape index (κ2) is 7.16. The standard InChI is InChI=1S/C18H22O4/c1-4-9-14-17(22-15(19)5-2)13-11-8-7-10-12(13)16(20)18(14)21-6-3/h7-8,10-11,20H,4-6,9H2,1-3H3. The second-order valence-electron chi connectivity index (χ2n) is 5.04. The molecule has 118 valence electrons. The number of fused-ring (bicyclic) bond motifs is 1. The van der Waals surface area contributed by atoms with E-state index in [4.69, 9.17) is 9.47 Å². The fraction of sp³-hybridized carbons (Fsp3) is 0.389. The zero-order valence-electron chi connectivity index (χ0n) is 13.3. The van der Waals surface area contributed by atoms with Crippen LogP contribution in [-0.2, 0) is 11.2 Å². The zero-order valence-corrected chi connectivity index (χ0v) is 13.3. The van der Waals surface area contributed by atoms with Crippen molar-refractivity contribution in [3.63, 3.8) is 0 Å². The fourth-order valence-corrected chi connectivity index (χ4v) is 2.50. The minimum absolute atomic E-state index is 0.109. The van der Waals surface area contributed by atoms with E-state index in [9.17, 15) is 9.90 Å². The monoisotopic (exact) mass is 302 g/mol. The van der Waals surface area contributed by atoms with Gasteiger partial charge in [0.25, 0.3) is 0 Å². The Balaban J connectivity index is 2.77. The van der Waals surface area contributed by atoms with Gasteiger partial charge in [0.05, 0.1) is 6.61 Å². The molecule has 0 spiro atoms. The molecule has 0 atom stereocenters. The van der Waals surface area contributed by atoms with Gasteiger partial charge in [-0.2, -0.15) is 0 Å². The molecule has 0 bridgehead atoms. The SMILES string of the molecule is CCCc1c(OCC)c(O)c2ccccc2c1OC(=O)CC. The summed E-state index contributed by atoms with van der Waals surface area (Å²) < 4.78 is 11.2. The van der Waals surface area contributed by atoms with Crippen molar-refractivity contribution < 1.29 is 19.4 Å². The number of ether oxygens (including phenoxy) is 2. The summed E-state index contributed by atoms with van der Waals surface area (Å²) in [7, 11) is 0. The van der Waals surface area contributed by atoms with Crippen molar-refractivity contribution in [3.05, 3.63) is 29.8 Å². The lowest BCUT2D eigenvalue weighted by molar-refractivity contribution is -0.133. The third-order valence-electron chi connectivity index (χ3n) is 3.48. The van der Waals surface area contributed by atoms with Gasteiger partial charge in [-0.25, -0.2) is 0 Å². The molecule has 0 amide bonds. The van der Waals surface area contributed by atoms with Gasteiger partial charge in [-0.1, -0.05) is 44.5 Å². The third-order valence-corrected chi connectivity index (χ3v) is 3.48. The summed E-state index contributed by atoms with van der Waals surface area (Å²) in [5.41, 5.74) is 0.752. The number of hydrogen-bond donors (Lipinski definition) is 1. The van der Waals surface area contributed by atoms with Crippen molar-refractivity contribution in [2.45, 2.75) is 40.0 Å². The molecule has 0 heterocycles. The molecule has 0 fully saturated rings. The maximum absolute atomic E-state index is 11.8. The van der Waals surface area contributed by atoms with Gasteiger partial charge in [-0.3, -0.25) is 4.79 Å². The van der Waals surface area contributed by atoms with Gasteiger partial charge in [-0.05, 0) is 13.3 Å². The Bertz CT molecular complexity index is 676. The number of phenols is 1. The van der Waals surface area contributed by atoms with Crippen LogP contribution in [0.2, 0.25) is 0 Å². The number of aromatic hydroxyl groups is 1. The molecule has 4 heteroatoms. The molecule has 2 aromatic carbocycles. The second-order valence-corrected chi connectivity index (χ2v) is 5.04. The highest BCUT2D eigenvalue weighted by Gasteiger charge is 2.22. The van der Waals surface area contributed by atoms with E-state index >= 15 is 0 Å². The topological polar surface area (TPSA) is 55.8 Å². The van der Waals surface area contributed by atoms with Gasteiger partial charge < -0.3 is 14.6 Å². The van der Waals surface area contributed by atoms with Crippen molar-refractivity contribution in [1.29, 1.82) is 0 Å². The fourth-order valence-electron chi connectivity index (χ4n) is 2.50. The van der Waals surface area contributed by atoms with Gasteiger partial charge >= 0.3 is 5.97 Å². The van der Waals surface area contributed by atoms with Crippen LogP contribution in [0.15, 0.2) is 24.3 Å². The zero-order chi connectivity index (χ0) is 16.1. The van der Waals surface area contributed by atoms with Crippen LogP contribution in [0.3, 0.4) is 0 Å². The molecule has 0 saturated carbocycles. The molecule has 4 nitrogen and oxygen atoms in total. The number of phenolic OH excluding ortho intramolecular Hbond substituents is 1. The Morgan fingerprint density at radius 2 is 1.77 bits per heavy atom. The first-order valence-electron chi connectivity index (χ1n) is 7.73. The van der Waals surface area contributed by atoms with Crippen molar-refractivity contribution in [3.8, 4) is 17.2 Å². The number of carbonyl (C=O) groups excluding carboxylic acids is 1. The Hall–Kier alpha value is -2.23. The average Bonchev–Trinajstić information content (AvgIpc) is 2.54. The van der Waals surface area contributed by atoms with Crippen LogP contribution in [0.1, 0.15) is 39.2 Å². The lowest BCUT2D eigenvalue weighted by Crippen LogP contribution is -2.09. The maximum Gasteiger partial charge on any atom is 0.310 e. The van der Waals surface area contributed by atoms with Crippen molar-refractivity contribution in [2.24, 2.45) is 0 Å². The summed E-state index contributed by atoms with van der Waals surface area (Å²) in [5.74, 6) is 0.736. The van der Waals surface area contributed by atoms with Crippen LogP contribution in [0.5, 0.6) is 17.2 Å². The lowest BCUT2D eigenvalue weighted by Gasteiger charge is -2.19. The molecule has 0 radical (unpaired) electrons. The summed E-state index contributed by atoms with van der Waals surface area (Å²) in [5, 5.41) is 11.9. The highest BCUT2D eigenvalue weighted by atomic mass is 16.5. The van der Waals surface area contributed by atoms with E-state index in [1.54, 1.807) is 13.0 Å². The number of hydrogen-bond acceptors (Lipinski definition) is 4. The first-order valence-corrected chi connectivity index (χ1v) is 7.73. The number of carbonyl (C=O) groups is 1. The number of benzene rings is 2. The average molecular weight is 302 g/mol. The summed E-state index contributed by atoms with van der Waals surface area (Å²) in [6.07, 6.45) is 1.82. The Morgan fingerprint density at radius 3 is 2.36 bits per heavy atom. The molecule has 2 rings (SSSR count). The van der Waals surface area contributed by atoms with E-state index in [0.29, 0.717) is 36.3 Å². The Labute approximate surface area is 130 Å². The van der Waals surface area contributed by atoms with Crippen molar-refractivity contribution >= 4 is 16.7 Å². The lowest BCUT2D eigenvalue weighted by atomic mass is 9.99. The smallest absolute Gasteiger partial charge is 0.310 e. The van der Waals surface area contributed by atoms with E-state index < -0.39 is 0 Å². The summed E-state index contributed by atoms with van der Waals surface area (Å²) in [4.78, 5) is 11.8. The van der Waals surface area contributed by atoms with E-state index in [-0.39, 0.29) is 11.7 Å². The largest absolute Gasteiger partial charge is 0.504 e.